The molecule has 4 aliphatic carbocycles. The molecule has 4 saturated carbocycles. The molecule has 16 N–H and O–H groups in total. The van der Waals surface area contributed by atoms with Crippen LogP contribution in [0.1, 0.15) is 99.3 Å². The quantitative estimate of drug-likeness (QED) is 0.0515. The van der Waals surface area contributed by atoms with Crippen molar-refractivity contribution in [3.05, 3.63) is 12.2 Å². The van der Waals surface area contributed by atoms with Gasteiger partial charge in [-0.3, -0.25) is 0 Å². The first kappa shape index (κ1) is 65.6. The number of rotatable bonds is 16. The molecule has 27 heteroatoms. The third kappa shape index (κ3) is 11.6. The number of aliphatic hydroxyl groups excluding tert-OH is 15. The van der Waals surface area contributed by atoms with Gasteiger partial charge in [0.2, 0.25) is 0 Å². The first-order chi connectivity index (χ1) is 39.6. The van der Waals surface area contributed by atoms with Gasteiger partial charge in [0.25, 0.3) is 0 Å². The van der Waals surface area contributed by atoms with Crippen molar-refractivity contribution in [1.29, 1.82) is 0 Å². The Bertz CT molecular complexity index is 2220. The molecule has 6 aliphatic heterocycles. The molecule has 27 nitrogen and oxygen atoms in total. The standard InChI is InChI=1S/C57H94O27/c1-20(19-74-50-43(68)39(64)36(61)31(17-58)79-50)10-13-57(73)21(2)34-30(84-57)16-29-27-9-8-25-14-26(78-51-46(71)41(66)49(23(4)76-51)83-54-45(70)40(65)37(62)32(18-59)80-54)15-33(56(25,7)28(27)11-12-55(29,34)6)81-52-47(72)42(67)48(24(5)77-52)82-53-44(69)38(63)35(60)22(3)75-53/h21-54,58-73H,1,8-19H2,2-7H3/t21-,22-,23-,24+,25+,26+,27+,28-,29-,30-,31+,32+,33+,34-,35-,36-,37+,38+,39-,40-,41-,42+,43+,44+,45+,46+,47+,48+,49-,50+,51-,52-,53-,54-,55-,56-,57+/m0/s1. The van der Waals surface area contributed by atoms with Crippen LogP contribution < -0.4 is 0 Å². The summed E-state index contributed by atoms with van der Waals surface area (Å²) in [6.45, 7) is 13.9. The van der Waals surface area contributed by atoms with Crippen molar-refractivity contribution in [2.75, 3.05) is 19.8 Å². The Morgan fingerprint density at radius 2 is 1.02 bits per heavy atom. The molecular weight excluding hydrogens is 1120 g/mol. The number of hydrogen-bond acceptors (Lipinski definition) is 27. The van der Waals surface area contributed by atoms with Gasteiger partial charge in [-0.25, -0.2) is 0 Å². The van der Waals surface area contributed by atoms with Crippen molar-refractivity contribution in [2.45, 2.75) is 277 Å². The molecule has 37 atom stereocenters. The predicted octanol–water partition coefficient (Wildman–Crippen LogP) is -4.16. The third-order valence-corrected chi connectivity index (χ3v) is 21.9. The molecule has 0 amide bonds. The summed E-state index contributed by atoms with van der Waals surface area (Å²) in [4.78, 5) is 0. The maximum atomic E-state index is 12.3. The molecule has 10 rings (SSSR count). The van der Waals surface area contributed by atoms with Crippen LogP contribution in [-0.2, 0) is 52.1 Å². The largest absolute Gasteiger partial charge is 0.394 e. The average molecular weight is 1210 g/mol. The van der Waals surface area contributed by atoms with Crippen LogP contribution in [0.2, 0.25) is 0 Å². The lowest BCUT2D eigenvalue weighted by molar-refractivity contribution is -0.371. The molecule has 0 bridgehead atoms. The van der Waals surface area contributed by atoms with E-state index in [-0.39, 0.29) is 66.5 Å². The first-order valence-electron chi connectivity index (χ1n) is 30.2. The molecule has 6 saturated heterocycles. The summed E-state index contributed by atoms with van der Waals surface area (Å²) < 4.78 is 67.2. The van der Waals surface area contributed by atoms with E-state index in [1.807, 2.05) is 6.92 Å². The molecule has 0 spiro atoms. The van der Waals surface area contributed by atoms with Gasteiger partial charge < -0.3 is 134 Å². The Hall–Kier alpha value is -1.34. The van der Waals surface area contributed by atoms with E-state index in [9.17, 15) is 81.7 Å². The Morgan fingerprint density at radius 3 is 1.61 bits per heavy atom. The van der Waals surface area contributed by atoms with Gasteiger partial charge in [0.1, 0.15) is 104 Å². The molecule has 10 fully saturated rings. The summed E-state index contributed by atoms with van der Waals surface area (Å²) in [5.41, 5.74) is -0.293. The maximum Gasteiger partial charge on any atom is 0.187 e. The van der Waals surface area contributed by atoms with Crippen LogP contribution in [0, 0.1) is 46.3 Å². The van der Waals surface area contributed by atoms with Crippen molar-refractivity contribution in [3.8, 4) is 0 Å². The highest BCUT2D eigenvalue weighted by atomic mass is 16.8. The van der Waals surface area contributed by atoms with Crippen LogP contribution in [0.25, 0.3) is 0 Å². The second kappa shape index (κ2) is 25.4. The van der Waals surface area contributed by atoms with Crippen LogP contribution in [0.3, 0.4) is 0 Å². The SMILES string of the molecule is C=C(CC[C@@]1(O)O[C@H]2C[C@H]3[C@@H]4CC[C@@H]5C[C@@H](O[C@@H]6O[C@@H](C)[C@H](O[C@@H]7O[C@H](CO)[C@@H](O)[C@H](O)[C@H]7O)[C@@H](O)[C@H]6O)C[C@@H](O[C@@H]6O[C@H](C)[C@@H](O[C@@H]7O[C@@H](C)[C@H](O)[C@@H](O)[C@H]7O)[C@H](O)[C@H]6O)[C@]5(C)[C@H]4CC[C@]3(C)[C@H]2[C@@H]1C)CO[C@@H]1O[C@H](CO)[C@H](O)[C@H](O)[C@H]1O. The number of aliphatic hydroxyl groups is 16. The first-order valence-corrected chi connectivity index (χ1v) is 30.2. The van der Waals surface area contributed by atoms with E-state index in [1.165, 1.54) is 6.92 Å². The molecule has 6 heterocycles. The fourth-order valence-electron chi connectivity index (χ4n) is 17.0. The van der Waals surface area contributed by atoms with Gasteiger partial charge in [0.15, 0.2) is 37.2 Å². The third-order valence-electron chi connectivity index (χ3n) is 21.9. The number of hydrogen-bond donors (Lipinski definition) is 16. The Balaban J connectivity index is 0.838. The zero-order valence-electron chi connectivity index (χ0n) is 48.5. The van der Waals surface area contributed by atoms with Crippen molar-refractivity contribution in [3.63, 3.8) is 0 Å². The summed E-state index contributed by atoms with van der Waals surface area (Å²) in [5, 5.41) is 172. The van der Waals surface area contributed by atoms with Gasteiger partial charge in [-0.05, 0) is 106 Å². The number of ether oxygens (including phenoxy) is 11. The summed E-state index contributed by atoms with van der Waals surface area (Å²) in [6, 6.07) is 0. The van der Waals surface area contributed by atoms with Crippen LogP contribution in [0.4, 0.5) is 0 Å². The molecule has 0 aromatic carbocycles. The van der Waals surface area contributed by atoms with Crippen molar-refractivity contribution < 1.29 is 134 Å². The van der Waals surface area contributed by atoms with Crippen LogP contribution in [0.15, 0.2) is 12.2 Å². The summed E-state index contributed by atoms with van der Waals surface area (Å²) in [7, 11) is 0. The van der Waals surface area contributed by atoms with Crippen molar-refractivity contribution in [1.82, 2.24) is 0 Å². The summed E-state index contributed by atoms with van der Waals surface area (Å²) in [5.74, 6) is -1.47. The van der Waals surface area contributed by atoms with Crippen LogP contribution >= 0.6 is 0 Å². The summed E-state index contributed by atoms with van der Waals surface area (Å²) in [6.07, 6.45) is -33.3. The fraction of sp³-hybridized carbons (Fsp3) is 0.965. The second-order valence-corrected chi connectivity index (χ2v) is 26.7. The van der Waals surface area contributed by atoms with E-state index in [2.05, 4.69) is 20.4 Å². The van der Waals surface area contributed by atoms with E-state index in [1.54, 1.807) is 13.8 Å². The Morgan fingerprint density at radius 1 is 0.524 bits per heavy atom. The highest BCUT2D eigenvalue weighted by Crippen LogP contribution is 2.71. The Kier molecular flexibility index (Phi) is 19.8. The second-order valence-electron chi connectivity index (χ2n) is 26.7. The fourth-order valence-corrected chi connectivity index (χ4v) is 17.0. The lowest BCUT2D eigenvalue weighted by Gasteiger charge is -2.63. The molecule has 0 unspecified atom stereocenters. The minimum absolute atomic E-state index is 0.00347. The van der Waals surface area contributed by atoms with Crippen LogP contribution in [-0.4, -0.2) is 279 Å². The van der Waals surface area contributed by atoms with Crippen LogP contribution in [0.5, 0.6) is 0 Å². The molecule has 0 radical (unpaired) electrons. The normalized spacial score (nSPS) is 56.7. The lowest BCUT2D eigenvalue weighted by atomic mass is 9.43. The van der Waals surface area contributed by atoms with Crippen molar-refractivity contribution in [2.24, 2.45) is 46.3 Å². The maximum absolute atomic E-state index is 12.3. The topological polar surface area (TPSA) is 425 Å². The van der Waals surface area contributed by atoms with E-state index >= 15 is 0 Å². The number of fused-ring (bicyclic) bond motifs is 7. The minimum Gasteiger partial charge on any atom is -0.394 e. The zero-order chi connectivity index (χ0) is 61.0. The predicted molar refractivity (Wildman–Crippen MR) is 281 cm³/mol. The van der Waals surface area contributed by atoms with Gasteiger partial charge in [0, 0.05) is 18.8 Å². The summed E-state index contributed by atoms with van der Waals surface area (Å²) >= 11 is 0. The highest BCUT2D eigenvalue weighted by molar-refractivity contribution is 5.17. The average Bonchev–Trinajstić information content (AvgIpc) is 3.35. The van der Waals surface area contributed by atoms with E-state index in [0.29, 0.717) is 24.8 Å². The van der Waals surface area contributed by atoms with E-state index in [0.717, 1.165) is 25.7 Å². The minimum atomic E-state index is -1.78. The van der Waals surface area contributed by atoms with Gasteiger partial charge in [0.05, 0.1) is 56.4 Å². The molecule has 484 valence electrons. The van der Waals surface area contributed by atoms with Crippen molar-refractivity contribution >= 4 is 0 Å². The van der Waals surface area contributed by atoms with Gasteiger partial charge in [-0.2, -0.15) is 0 Å². The molecular formula is C57H94O27. The molecule has 0 aromatic rings. The molecule has 10 aliphatic rings. The molecule has 84 heavy (non-hydrogen) atoms. The smallest absolute Gasteiger partial charge is 0.187 e. The Labute approximate surface area is 487 Å². The van der Waals surface area contributed by atoms with Gasteiger partial charge in [-0.15, -0.1) is 0 Å². The van der Waals surface area contributed by atoms with Gasteiger partial charge >= 0.3 is 0 Å². The highest BCUT2D eigenvalue weighted by Gasteiger charge is 2.70. The molecule has 0 aromatic heterocycles. The zero-order valence-corrected chi connectivity index (χ0v) is 48.5. The van der Waals surface area contributed by atoms with E-state index in [4.69, 9.17) is 52.1 Å². The van der Waals surface area contributed by atoms with E-state index < -0.39 is 190 Å². The van der Waals surface area contributed by atoms with Gasteiger partial charge in [-0.1, -0.05) is 32.9 Å². The lowest BCUT2D eigenvalue weighted by Crippen LogP contribution is -2.65. The monoisotopic (exact) mass is 1210 g/mol.